The van der Waals surface area contributed by atoms with Crippen LogP contribution in [0.15, 0.2) is 12.2 Å². The summed E-state index contributed by atoms with van der Waals surface area (Å²) in [6, 6.07) is 0. The predicted molar refractivity (Wildman–Crippen MR) is 33.4 cm³/mol. The summed E-state index contributed by atoms with van der Waals surface area (Å²) in [4.78, 5) is 0. The maximum Gasteiger partial charge on any atom is 0 e. The molecule has 0 aromatic heterocycles. The van der Waals surface area contributed by atoms with E-state index in [0.29, 0.717) is 0 Å². The average molecular weight is 99.2 g/mol. The lowest BCUT2D eigenvalue weighted by molar-refractivity contribution is 0.612. The summed E-state index contributed by atoms with van der Waals surface area (Å²) in [6.07, 6.45) is 2.36. The second kappa shape index (κ2) is 2.12. The minimum atomic E-state index is 0. The predicted octanol–water partition coefficient (Wildman–Crippen LogP) is 1.17. The van der Waals surface area contributed by atoms with Crippen LogP contribution in [0.4, 0.5) is 0 Å². The Morgan fingerprint density at radius 2 is 2.00 bits per heavy atom. The van der Waals surface area contributed by atoms with Crippen molar-refractivity contribution in [1.29, 1.82) is 0 Å². The lowest BCUT2D eigenvalue weighted by Gasteiger charge is -2.12. The molecule has 1 rings (SSSR count). The van der Waals surface area contributed by atoms with Gasteiger partial charge < -0.3 is 5.32 Å². The van der Waals surface area contributed by atoms with Crippen LogP contribution in [0, 0.1) is 0 Å². The van der Waals surface area contributed by atoms with Crippen LogP contribution in [-0.4, -0.2) is 13.1 Å². The Balaban J connectivity index is 0.000000490. The third-order valence-corrected chi connectivity index (χ3v) is 1.31. The first-order valence-corrected chi connectivity index (χ1v) is 2.77. The first kappa shape index (κ1) is 4.85. The van der Waals surface area contributed by atoms with Crippen molar-refractivity contribution in [2.75, 3.05) is 13.1 Å². The van der Waals surface area contributed by atoms with Crippen LogP contribution in [0.5, 0.6) is 0 Å². The molecule has 0 amide bonds. The summed E-state index contributed by atoms with van der Waals surface area (Å²) in [7, 11) is 0. The van der Waals surface area contributed by atoms with E-state index in [0.717, 1.165) is 13.1 Å². The van der Waals surface area contributed by atoms with Gasteiger partial charge in [0.1, 0.15) is 0 Å². The van der Waals surface area contributed by atoms with Gasteiger partial charge in [0, 0.05) is 1.43 Å². The third kappa shape index (κ3) is 1.32. The Labute approximate surface area is 45.9 Å². The molecule has 1 aliphatic heterocycles. The van der Waals surface area contributed by atoms with Crippen LogP contribution in [0.2, 0.25) is 0 Å². The van der Waals surface area contributed by atoms with E-state index < -0.39 is 0 Å². The number of piperidine rings is 1. The van der Waals surface area contributed by atoms with Crippen LogP contribution in [-0.2, 0) is 0 Å². The number of hydrogen-bond donors (Lipinski definition) is 1. The van der Waals surface area contributed by atoms with Crippen LogP contribution in [0.25, 0.3) is 0 Å². The van der Waals surface area contributed by atoms with Gasteiger partial charge >= 0.3 is 0 Å². The molecule has 1 heterocycles. The molecule has 1 saturated heterocycles. The van der Waals surface area contributed by atoms with Crippen LogP contribution < -0.4 is 5.32 Å². The topological polar surface area (TPSA) is 12.0 Å². The fraction of sp³-hybridized carbons (Fsp3) is 0.667. The van der Waals surface area contributed by atoms with Gasteiger partial charge in [-0.1, -0.05) is 12.2 Å². The number of hydrogen-bond acceptors (Lipinski definition) is 1. The van der Waals surface area contributed by atoms with E-state index in [4.69, 9.17) is 0 Å². The first-order valence-electron chi connectivity index (χ1n) is 2.77. The zero-order chi connectivity index (χ0) is 5.11. The van der Waals surface area contributed by atoms with Gasteiger partial charge in [0.15, 0.2) is 0 Å². The van der Waals surface area contributed by atoms with Crippen LogP contribution in [0.3, 0.4) is 0 Å². The molecule has 0 bridgehead atoms. The van der Waals surface area contributed by atoms with Crippen molar-refractivity contribution in [2.45, 2.75) is 12.8 Å². The monoisotopic (exact) mass is 99.1 g/mol. The molecule has 7 heavy (non-hydrogen) atoms. The Morgan fingerprint density at radius 1 is 1.43 bits per heavy atom. The van der Waals surface area contributed by atoms with E-state index in [1.54, 1.807) is 0 Å². The molecule has 1 fully saturated rings. The van der Waals surface area contributed by atoms with Gasteiger partial charge in [0.25, 0.3) is 0 Å². The molecule has 0 aromatic rings. The number of rotatable bonds is 0. The van der Waals surface area contributed by atoms with Crippen molar-refractivity contribution in [3.8, 4) is 0 Å². The van der Waals surface area contributed by atoms with E-state index in [-0.39, 0.29) is 1.43 Å². The number of nitrogens with one attached hydrogen (secondary N) is 1. The van der Waals surface area contributed by atoms with Crippen molar-refractivity contribution in [2.24, 2.45) is 0 Å². The van der Waals surface area contributed by atoms with E-state index in [1.165, 1.54) is 18.4 Å². The smallest absolute Gasteiger partial charge is 0 e. The van der Waals surface area contributed by atoms with Gasteiger partial charge in [-0.05, 0) is 25.9 Å². The Hall–Kier alpha value is -0.300. The molecule has 0 aromatic carbocycles. The zero-order valence-electron chi connectivity index (χ0n) is 4.54. The summed E-state index contributed by atoms with van der Waals surface area (Å²) in [5, 5.41) is 3.25. The quantitative estimate of drug-likeness (QED) is 0.449. The van der Waals surface area contributed by atoms with Crippen molar-refractivity contribution in [3.05, 3.63) is 12.2 Å². The molecule has 0 spiro atoms. The summed E-state index contributed by atoms with van der Waals surface area (Å²) in [6.45, 7) is 6.15. The summed E-state index contributed by atoms with van der Waals surface area (Å²) >= 11 is 0. The first-order chi connectivity index (χ1) is 3.39. The highest BCUT2D eigenvalue weighted by molar-refractivity contribution is 4.97. The Kier molecular flexibility index (Phi) is 1.47. The van der Waals surface area contributed by atoms with Gasteiger partial charge in [0.2, 0.25) is 0 Å². The summed E-state index contributed by atoms with van der Waals surface area (Å²) in [5.74, 6) is 0. The minimum absolute atomic E-state index is 0. The van der Waals surface area contributed by atoms with Crippen LogP contribution >= 0.6 is 0 Å². The third-order valence-electron chi connectivity index (χ3n) is 1.31. The second-order valence-electron chi connectivity index (χ2n) is 2.00. The van der Waals surface area contributed by atoms with E-state index in [1.807, 2.05) is 0 Å². The maximum atomic E-state index is 3.87. The summed E-state index contributed by atoms with van der Waals surface area (Å²) < 4.78 is 0. The van der Waals surface area contributed by atoms with Crippen molar-refractivity contribution in [3.63, 3.8) is 0 Å². The second-order valence-corrected chi connectivity index (χ2v) is 2.00. The summed E-state index contributed by atoms with van der Waals surface area (Å²) in [5.41, 5.74) is 1.40. The Morgan fingerprint density at radius 3 is 2.29 bits per heavy atom. The fourth-order valence-corrected chi connectivity index (χ4v) is 0.780. The van der Waals surface area contributed by atoms with Crippen molar-refractivity contribution < 1.29 is 1.43 Å². The highest BCUT2D eigenvalue weighted by Gasteiger charge is 1.98. The molecule has 0 saturated carbocycles. The van der Waals surface area contributed by atoms with Crippen molar-refractivity contribution in [1.82, 2.24) is 5.32 Å². The van der Waals surface area contributed by atoms with Gasteiger partial charge in [-0.15, -0.1) is 0 Å². The van der Waals surface area contributed by atoms with E-state index >= 15 is 0 Å². The molecular formula is C6H13N. The zero-order valence-corrected chi connectivity index (χ0v) is 4.54. The fourth-order valence-electron chi connectivity index (χ4n) is 0.780. The SMILES string of the molecule is C=C1CCNCC1.[HH]. The molecule has 0 atom stereocenters. The molecule has 0 unspecified atom stereocenters. The standard InChI is InChI=1S/C6H11N.H2/c1-6-2-4-7-5-3-6;/h7H,1-5H2;1H. The lowest BCUT2D eigenvalue weighted by atomic mass is 10.1. The van der Waals surface area contributed by atoms with Gasteiger partial charge in [0.05, 0.1) is 0 Å². The molecular weight excluding hydrogens is 86.1 g/mol. The van der Waals surface area contributed by atoms with Gasteiger partial charge in [-0.25, -0.2) is 0 Å². The van der Waals surface area contributed by atoms with Gasteiger partial charge in [-0.3, -0.25) is 0 Å². The molecule has 1 N–H and O–H groups in total. The largest absolute Gasteiger partial charge is 0.316 e. The lowest BCUT2D eigenvalue weighted by Crippen LogP contribution is -2.22. The highest BCUT2D eigenvalue weighted by atomic mass is 14.9. The van der Waals surface area contributed by atoms with Gasteiger partial charge in [-0.2, -0.15) is 0 Å². The van der Waals surface area contributed by atoms with E-state index in [9.17, 15) is 0 Å². The van der Waals surface area contributed by atoms with Crippen molar-refractivity contribution >= 4 is 0 Å². The molecule has 42 valence electrons. The molecule has 1 heteroatoms. The highest BCUT2D eigenvalue weighted by Crippen LogP contribution is 2.04. The molecule has 1 nitrogen and oxygen atoms in total. The normalized spacial score (nSPS) is 22.6. The van der Waals surface area contributed by atoms with Crippen LogP contribution in [0.1, 0.15) is 14.3 Å². The molecule has 0 aliphatic carbocycles. The average Bonchev–Trinajstić information content (AvgIpc) is 1.69. The molecule has 0 radical (unpaired) electrons. The molecule has 1 aliphatic rings. The Bertz CT molecular complexity index is 72.6. The maximum absolute atomic E-state index is 3.87. The van der Waals surface area contributed by atoms with E-state index in [2.05, 4.69) is 11.9 Å². The minimum Gasteiger partial charge on any atom is -0.316 e.